The Morgan fingerprint density at radius 2 is 1.84 bits per heavy atom. The van der Waals surface area contributed by atoms with Gasteiger partial charge in [-0.25, -0.2) is 4.79 Å². The molecule has 3 aromatic rings. The fourth-order valence-corrected chi connectivity index (χ4v) is 2.77. The first kappa shape index (κ1) is 17.0. The second-order valence-corrected chi connectivity index (χ2v) is 5.72. The molecule has 25 heavy (non-hydrogen) atoms. The van der Waals surface area contributed by atoms with Crippen LogP contribution in [0.15, 0.2) is 54.6 Å². The summed E-state index contributed by atoms with van der Waals surface area (Å²) in [6.45, 7) is 3.89. The quantitative estimate of drug-likeness (QED) is 0.560. The van der Waals surface area contributed by atoms with Crippen LogP contribution in [0.1, 0.15) is 13.3 Å². The van der Waals surface area contributed by atoms with Gasteiger partial charge in [0.05, 0.1) is 11.4 Å². The van der Waals surface area contributed by atoms with Crippen LogP contribution in [0, 0.1) is 0 Å². The number of hydrogen-bond acceptors (Lipinski definition) is 2. The SMILES string of the molecule is CCOCCCNC(=O)Nc1c(-c2ccccc2)[nH]c2ccccc12. The summed E-state index contributed by atoms with van der Waals surface area (Å²) in [5, 5.41) is 6.87. The molecule has 3 rings (SSSR count). The van der Waals surface area contributed by atoms with Crippen LogP contribution >= 0.6 is 0 Å². The van der Waals surface area contributed by atoms with E-state index < -0.39 is 0 Å². The van der Waals surface area contributed by atoms with Gasteiger partial charge < -0.3 is 20.4 Å². The minimum absolute atomic E-state index is 0.210. The van der Waals surface area contributed by atoms with Crippen molar-refractivity contribution in [3.05, 3.63) is 54.6 Å². The average Bonchev–Trinajstić information content (AvgIpc) is 3.01. The van der Waals surface area contributed by atoms with Crippen molar-refractivity contribution in [2.45, 2.75) is 13.3 Å². The third-order valence-corrected chi connectivity index (χ3v) is 3.96. The minimum atomic E-state index is -0.210. The van der Waals surface area contributed by atoms with Crippen molar-refractivity contribution < 1.29 is 9.53 Å². The maximum Gasteiger partial charge on any atom is 0.319 e. The molecule has 1 heterocycles. The number of hydrogen-bond donors (Lipinski definition) is 3. The van der Waals surface area contributed by atoms with Crippen molar-refractivity contribution in [3.63, 3.8) is 0 Å². The number of fused-ring (bicyclic) bond motifs is 1. The number of carbonyl (C=O) groups excluding carboxylic acids is 1. The molecule has 0 aliphatic carbocycles. The lowest BCUT2D eigenvalue weighted by Gasteiger charge is -2.09. The van der Waals surface area contributed by atoms with E-state index in [0.717, 1.165) is 34.3 Å². The van der Waals surface area contributed by atoms with Crippen LogP contribution in [-0.4, -0.2) is 30.8 Å². The first-order valence-corrected chi connectivity index (χ1v) is 8.58. The van der Waals surface area contributed by atoms with Crippen LogP contribution in [0.2, 0.25) is 0 Å². The zero-order valence-electron chi connectivity index (χ0n) is 14.3. The van der Waals surface area contributed by atoms with Crippen LogP contribution in [0.3, 0.4) is 0 Å². The Bertz CT molecular complexity index is 827. The zero-order valence-corrected chi connectivity index (χ0v) is 14.3. The Morgan fingerprint density at radius 3 is 2.64 bits per heavy atom. The number of ether oxygens (including phenoxy) is 1. The summed E-state index contributed by atoms with van der Waals surface area (Å²) in [4.78, 5) is 15.7. The molecule has 0 atom stereocenters. The maximum atomic E-state index is 12.3. The van der Waals surface area contributed by atoms with E-state index in [2.05, 4.69) is 15.6 Å². The molecule has 5 nitrogen and oxygen atoms in total. The lowest BCUT2D eigenvalue weighted by Crippen LogP contribution is -2.30. The Kier molecular flexibility index (Phi) is 5.69. The van der Waals surface area contributed by atoms with E-state index in [1.165, 1.54) is 0 Å². The third-order valence-electron chi connectivity index (χ3n) is 3.96. The predicted molar refractivity (Wildman–Crippen MR) is 102 cm³/mol. The van der Waals surface area contributed by atoms with Crippen LogP contribution < -0.4 is 10.6 Å². The molecule has 5 heteroatoms. The highest BCUT2D eigenvalue weighted by Crippen LogP contribution is 2.34. The summed E-state index contributed by atoms with van der Waals surface area (Å²) in [5.74, 6) is 0. The molecule has 0 saturated heterocycles. The highest BCUT2D eigenvalue weighted by atomic mass is 16.5. The summed E-state index contributed by atoms with van der Waals surface area (Å²) < 4.78 is 5.28. The highest BCUT2D eigenvalue weighted by Gasteiger charge is 2.14. The smallest absolute Gasteiger partial charge is 0.319 e. The van der Waals surface area contributed by atoms with Crippen LogP contribution in [0.25, 0.3) is 22.2 Å². The number of amides is 2. The summed E-state index contributed by atoms with van der Waals surface area (Å²) in [6, 6.07) is 17.7. The van der Waals surface area contributed by atoms with Gasteiger partial charge in [0.25, 0.3) is 0 Å². The number of carbonyl (C=O) groups is 1. The van der Waals surface area contributed by atoms with Crippen molar-refractivity contribution in [1.82, 2.24) is 10.3 Å². The first-order chi connectivity index (χ1) is 12.3. The fourth-order valence-electron chi connectivity index (χ4n) is 2.77. The van der Waals surface area contributed by atoms with Gasteiger partial charge in [-0.15, -0.1) is 0 Å². The van der Waals surface area contributed by atoms with E-state index in [-0.39, 0.29) is 6.03 Å². The zero-order chi connectivity index (χ0) is 17.5. The summed E-state index contributed by atoms with van der Waals surface area (Å²) in [5.41, 5.74) is 3.73. The van der Waals surface area contributed by atoms with Gasteiger partial charge in [-0.05, 0) is 19.4 Å². The monoisotopic (exact) mass is 337 g/mol. The summed E-state index contributed by atoms with van der Waals surface area (Å²) >= 11 is 0. The number of nitrogens with one attached hydrogen (secondary N) is 3. The molecule has 2 amide bonds. The molecule has 0 saturated carbocycles. The Hall–Kier alpha value is -2.79. The van der Waals surface area contributed by atoms with E-state index >= 15 is 0 Å². The molecular weight excluding hydrogens is 314 g/mol. The molecular formula is C20H23N3O2. The van der Waals surface area contributed by atoms with Gasteiger partial charge in [0.2, 0.25) is 0 Å². The number of benzene rings is 2. The minimum Gasteiger partial charge on any atom is -0.382 e. The topological polar surface area (TPSA) is 66.2 Å². The lowest BCUT2D eigenvalue weighted by molar-refractivity contribution is 0.145. The standard InChI is InChI=1S/C20H23N3O2/c1-2-25-14-8-13-21-20(24)23-19-16-11-6-7-12-17(16)22-18(19)15-9-4-3-5-10-15/h3-7,9-12,22H,2,8,13-14H2,1H3,(H2,21,23,24). The van der Waals surface area contributed by atoms with Gasteiger partial charge in [0, 0.05) is 36.2 Å². The van der Waals surface area contributed by atoms with Gasteiger partial charge in [0.15, 0.2) is 0 Å². The molecule has 2 aromatic carbocycles. The maximum absolute atomic E-state index is 12.3. The lowest BCUT2D eigenvalue weighted by atomic mass is 10.1. The molecule has 0 aliphatic rings. The van der Waals surface area contributed by atoms with Crippen molar-refractivity contribution in [2.75, 3.05) is 25.1 Å². The number of urea groups is 1. The van der Waals surface area contributed by atoms with Crippen molar-refractivity contribution in [1.29, 1.82) is 0 Å². The average molecular weight is 337 g/mol. The number of para-hydroxylation sites is 1. The van der Waals surface area contributed by atoms with Crippen molar-refractivity contribution >= 4 is 22.6 Å². The Labute approximate surface area is 147 Å². The summed E-state index contributed by atoms with van der Waals surface area (Å²) in [7, 11) is 0. The molecule has 3 N–H and O–H groups in total. The number of aromatic nitrogens is 1. The van der Waals surface area contributed by atoms with E-state index in [4.69, 9.17) is 4.74 Å². The Morgan fingerprint density at radius 1 is 1.08 bits per heavy atom. The molecule has 130 valence electrons. The molecule has 0 fully saturated rings. The predicted octanol–water partition coefficient (Wildman–Crippen LogP) is 4.38. The molecule has 1 aromatic heterocycles. The van der Waals surface area contributed by atoms with E-state index in [9.17, 15) is 4.79 Å². The van der Waals surface area contributed by atoms with E-state index in [0.29, 0.717) is 19.8 Å². The van der Waals surface area contributed by atoms with E-state index in [1.807, 2.05) is 61.5 Å². The normalized spacial score (nSPS) is 10.8. The first-order valence-electron chi connectivity index (χ1n) is 8.58. The van der Waals surface area contributed by atoms with Gasteiger partial charge in [0.1, 0.15) is 0 Å². The second kappa shape index (κ2) is 8.35. The van der Waals surface area contributed by atoms with E-state index in [1.54, 1.807) is 0 Å². The number of H-pyrrole nitrogens is 1. The fraction of sp³-hybridized carbons (Fsp3) is 0.250. The van der Waals surface area contributed by atoms with Crippen LogP contribution in [-0.2, 0) is 4.74 Å². The van der Waals surface area contributed by atoms with Gasteiger partial charge >= 0.3 is 6.03 Å². The second-order valence-electron chi connectivity index (χ2n) is 5.72. The molecule has 0 bridgehead atoms. The molecule has 0 aliphatic heterocycles. The van der Waals surface area contributed by atoms with Gasteiger partial charge in [-0.1, -0.05) is 48.5 Å². The highest BCUT2D eigenvalue weighted by molar-refractivity contribution is 6.07. The number of aromatic amines is 1. The molecule has 0 radical (unpaired) electrons. The van der Waals surface area contributed by atoms with Gasteiger partial charge in [-0.2, -0.15) is 0 Å². The molecule has 0 unspecified atom stereocenters. The largest absolute Gasteiger partial charge is 0.382 e. The summed E-state index contributed by atoms with van der Waals surface area (Å²) in [6.07, 6.45) is 0.792. The van der Waals surface area contributed by atoms with Crippen molar-refractivity contribution in [2.24, 2.45) is 0 Å². The third kappa shape index (κ3) is 4.19. The van der Waals surface area contributed by atoms with Crippen molar-refractivity contribution in [3.8, 4) is 11.3 Å². The number of anilines is 1. The Balaban J connectivity index is 1.79. The van der Waals surface area contributed by atoms with Crippen LogP contribution in [0.5, 0.6) is 0 Å². The van der Waals surface area contributed by atoms with Gasteiger partial charge in [-0.3, -0.25) is 0 Å². The molecule has 0 spiro atoms. The van der Waals surface area contributed by atoms with Crippen LogP contribution in [0.4, 0.5) is 10.5 Å². The number of rotatable bonds is 7.